The van der Waals surface area contributed by atoms with Gasteiger partial charge in [0.15, 0.2) is 5.17 Å². The smallest absolute Gasteiger partial charge is 0.286 e. The van der Waals surface area contributed by atoms with E-state index in [9.17, 15) is 4.79 Å². The van der Waals surface area contributed by atoms with Gasteiger partial charge in [-0.15, -0.1) is 0 Å². The zero-order valence-corrected chi connectivity index (χ0v) is 16.6. The van der Waals surface area contributed by atoms with E-state index in [-0.39, 0.29) is 18.1 Å². The molecule has 27 heavy (non-hydrogen) atoms. The largest absolute Gasteiger partial charge is 0.457 e. The van der Waals surface area contributed by atoms with Gasteiger partial charge in [-0.3, -0.25) is 4.79 Å². The van der Waals surface area contributed by atoms with Gasteiger partial charge < -0.3 is 14.1 Å². The molecule has 2 atom stereocenters. The molecule has 0 radical (unpaired) electrons. The molecule has 0 bridgehead atoms. The van der Waals surface area contributed by atoms with Gasteiger partial charge in [-0.25, -0.2) is 0 Å². The maximum atomic E-state index is 12.3. The molecule has 0 aliphatic carbocycles. The van der Waals surface area contributed by atoms with Crippen LogP contribution in [0.3, 0.4) is 0 Å². The van der Waals surface area contributed by atoms with Gasteiger partial charge in [-0.1, -0.05) is 23.7 Å². The van der Waals surface area contributed by atoms with E-state index >= 15 is 0 Å². The van der Waals surface area contributed by atoms with E-state index in [1.807, 2.05) is 50.2 Å². The van der Waals surface area contributed by atoms with E-state index in [0.717, 1.165) is 23.8 Å². The molecule has 0 N–H and O–H groups in total. The number of amides is 1. The Morgan fingerprint density at radius 1 is 1.22 bits per heavy atom. The van der Waals surface area contributed by atoms with Gasteiger partial charge >= 0.3 is 0 Å². The number of ether oxygens (including phenoxy) is 1. The molecule has 7 heteroatoms. The topological polar surface area (TPSA) is 55.0 Å². The van der Waals surface area contributed by atoms with Crippen molar-refractivity contribution in [2.75, 3.05) is 13.1 Å². The molecule has 1 saturated heterocycles. The summed E-state index contributed by atoms with van der Waals surface area (Å²) < 4.78 is 11.6. The monoisotopic (exact) mass is 402 g/mol. The number of morpholine rings is 1. The number of carbonyl (C=O) groups excluding carboxylic acids is 1. The van der Waals surface area contributed by atoms with Crippen LogP contribution in [0.4, 0.5) is 0 Å². The minimum atomic E-state index is -0.234. The summed E-state index contributed by atoms with van der Waals surface area (Å²) in [5.74, 6) is 1.08. The van der Waals surface area contributed by atoms with Crippen LogP contribution >= 0.6 is 23.4 Å². The van der Waals surface area contributed by atoms with Crippen molar-refractivity contribution in [2.24, 2.45) is 4.99 Å². The second-order valence-corrected chi connectivity index (χ2v) is 8.13. The molecule has 1 fully saturated rings. The van der Waals surface area contributed by atoms with Crippen molar-refractivity contribution in [3.63, 3.8) is 0 Å². The molecular formula is C20H19ClN2O3S. The molecule has 5 nitrogen and oxygen atoms in total. The summed E-state index contributed by atoms with van der Waals surface area (Å²) in [6.45, 7) is 5.52. The first-order chi connectivity index (χ1) is 13.0. The van der Waals surface area contributed by atoms with Gasteiger partial charge in [0.2, 0.25) is 0 Å². The maximum absolute atomic E-state index is 12.3. The predicted molar refractivity (Wildman–Crippen MR) is 109 cm³/mol. The van der Waals surface area contributed by atoms with Crippen LogP contribution in [0.25, 0.3) is 17.4 Å². The Labute approximate surface area is 167 Å². The number of nitrogens with zero attached hydrogens (tertiary/aromatic N) is 2. The normalized spacial score (nSPS) is 24.6. The van der Waals surface area contributed by atoms with Crippen molar-refractivity contribution >= 4 is 40.5 Å². The van der Waals surface area contributed by atoms with Crippen LogP contribution in [0.2, 0.25) is 5.02 Å². The minimum absolute atomic E-state index is 0.116. The lowest BCUT2D eigenvalue weighted by Gasteiger charge is -2.35. The fourth-order valence-electron chi connectivity index (χ4n) is 3.22. The summed E-state index contributed by atoms with van der Waals surface area (Å²) in [5, 5.41) is 1.38. The van der Waals surface area contributed by atoms with Gasteiger partial charge in [-0.05, 0) is 49.9 Å². The fraction of sp³-hybridized carbons (Fsp3) is 0.300. The highest BCUT2D eigenvalue weighted by Gasteiger charge is 2.31. The number of hydrogen-bond donors (Lipinski definition) is 0. The number of carbonyl (C=O) groups is 1. The summed E-state index contributed by atoms with van der Waals surface area (Å²) in [7, 11) is 0. The predicted octanol–water partition coefficient (Wildman–Crippen LogP) is 4.68. The Bertz CT molecular complexity index is 927. The molecule has 4 rings (SSSR count). The van der Waals surface area contributed by atoms with E-state index in [1.54, 1.807) is 6.08 Å². The summed E-state index contributed by atoms with van der Waals surface area (Å²) in [5.41, 5.74) is 0.894. The maximum Gasteiger partial charge on any atom is 0.286 e. The van der Waals surface area contributed by atoms with Crippen LogP contribution in [-0.2, 0) is 9.53 Å². The van der Waals surface area contributed by atoms with Crippen molar-refractivity contribution in [3.8, 4) is 11.3 Å². The van der Waals surface area contributed by atoms with Crippen molar-refractivity contribution in [1.82, 2.24) is 4.90 Å². The number of aliphatic imine (C=N–C) groups is 1. The van der Waals surface area contributed by atoms with Gasteiger partial charge in [0.05, 0.1) is 17.1 Å². The van der Waals surface area contributed by atoms with Crippen molar-refractivity contribution in [2.45, 2.75) is 26.1 Å². The lowest BCUT2D eigenvalue weighted by atomic mass is 10.2. The summed E-state index contributed by atoms with van der Waals surface area (Å²) >= 11 is 7.42. The lowest BCUT2D eigenvalue weighted by molar-refractivity contribution is -0.113. The van der Waals surface area contributed by atoms with Gasteiger partial charge in [0.1, 0.15) is 11.5 Å². The SMILES string of the molecule is CC1CN(C2=NC(=O)/C(=C\c3ccc(-c4cccc(Cl)c4)o3)S2)CC(C)O1. The fourth-order valence-corrected chi connectivity index (χ4v) is 4.33. The number of thioether (sulfide) groups is 1. The van der Waals surface area contributed by atoms with Crippen LogP contribution < -0.4 is 0 Å². The molecule has 0 saturated carbocycles. The first kappa shape index (κ1) is 18.3. The molecule has 1 aromatic carbocycles. The third-order valence-electron chi connectivity index (χ3n) is 4.31. The second kappa shape index (κ2) is 7.54. The van der Waals surface area contributed by atoms with Crippen molar-refractivity contribution < 1.29 is 13.9 Å². The van der Waals surface area contributed by atoms with Crippen LogP contribution in [0.5, 0.6) is 0 Å². The summed E-state index contributed by atoms with van der Waals surface area (Å²) in [6, 6.07) is 11.2. The van der Waals surface area contributed by atoms with E-state index < -0.39 is 0 Å². The van der Waals surface area contributed by atoms with E-state index in [2.05, 4.69) is 9.89 Å². The van der Waals surface area contributed by atoms with Crippen LogP contribution in [-0.4, -0.2) is 41.3 Å². The minimum Gasteiger partial charge on any atom is -0.457 e. The zero-order valence-electron chi connectivity index (χ0n) is 15.0. The number of benzene rings is 1. The zero-order chi connectivity index (χ0) is 19.0. The molecule has 140 valence electrons. The molecule has 2 unspecified atom stereocenters. The lowest BCUT2D eigenvalue weighted by Crippen LogP contribution is -2.47. The highest BCUT2D eigenvalue weighted by atomic mass is 35.5. The Hall–Kier alpha value is -2.02. The quantitative estimate of drug-likeness (QED) is 0.682. The molecule has 2 aromatic rings. The van der Waals surface area contributed by atoms with Gasteiger partial charge in [0, 0.05) is 29.8 Å². The summed E-state index contributed by atoms with van der Waals surface area (Å²) in [6.07, 6.45) is 1.97. The average molecular weight is 403 g/mol. The molecule has 3 heterocycles. The van der Waals surface area contributed by atoms with Crippen molar-refractivity contribution in [1.29, 1.82) is 0 Å². The molecule has 1 aromatic heterocycles. The molecule has 2 aliphatic rings. The van der Waals surface area contributed by atoms with E-state index in [0.29, 0.717) is 21.4 Å². The first-order valence-corrected chi connectivity index (χ1v) is 9.96. The Kier molecular flexibility index (Phi) is 5.12. The Balaban J connectivity index is 1.50. The van der Waals surface area contributed by atoms with Crippen LogP contribution in [0.1, 0.15) is 19.6 Å². The number of hydrogen-bond acceptors (Lipinski definition) is 5. The average Bonchev–Trinajstić information content (AvgIpc) is 3.22. The molecule has 2 aliphatic heterocycles. The van der Waals surface area contributed by atoms with Crippen LogP contribution in [0, 0.1) is 0 Å². The first-order valence-electron chi connectivity index (χ1n) is 8.76. The van der Waals surface area contributed by atoms with Gasteiger partial charge in [0.25, 0.3) is 5.91 Å². The Morgan fingerprint density at radius 3 is 2.74 bits per heavy atom. The highest BCUT2D eigenvalue weighted by molar-refractivity contribution is 8.18. The number of amidine groups is 1. The van der Waals surface area contributed by atoms with Gasteiger partial charge in [-0.2, -0.15) is 4.99 Å². The van der Waals surface area contributed by atoms with E-state index in [1.165, 1.54) is 11.8 Å². The third kappa shape index (κ3) is 4.13. The van der Waals surface area contributed by atoms with Crippen molar-refractivity contribution in [3.05, 3.63) is 52.1 Å². The number of halogens is 1. The molecule has 0 spiro atoms. The molecule has 1 amide bonds. The molecular weight excluding hydrogens is 384 g/mol. The third-order valence-corrected chi connectivity index (χ3v) is 5.59. The van der Waals surface area contributed by atoms with Crippen LogP contribution in [0.15, 0.2) is 50.7 Å². The summed E-state index contributed by atoms with van der Waals surface area (Å²) in [4.78, 5) is 19.2. The highest BCUT2D eigenvalue weighted by Crippen LogP contribution is 2.33. The van der Waals surface area contributed by atoms with E-state index in [4.69, 9.17) is 20.8 Å². The Morgan fingerprint density at radius 2 is 2.00 bits per heavy atom. The number of furan rings is 1. The number of rotatable bonds is 2. The second-order valence-electron chi connectivity index (χ2n) is 6.68. The standard InChI is InChI=1S/C20H19ClN2O3S/c1-12-10-23(11-13(2)25-12)20-22-19(24)18(27-20)9-16-6-7-17(26-16)14-4-3-5-15(21)8-14/h3-9,12-13H,10-11H2,1-2H3/b18-9+.